The number of carbonyl (C=O) groups excluding carboxylic acids is 1. The fourth-order valence-electron chi connectivity index (χ4n) is 0.942. The minimum Gasteiger partial charge on any atom is -0.506 e. The molecule has 0 radical (unpaired) electrons. The molecule has 1 heterocycles. The number of amides is 1. The van der Waals surface area contributed by atoms with Crippen LogP contribution in [0.2, 0.25) is 0 Å². The van der Waals surface area contributed by atoms with Crippen LogP contribution >= 0.6 is 0 Å². The van der Waals surface area contributed by atoms with Crippen LogP contribution in [0.3, 0.4) is 0 Å². The summed E-state index contributed by atoms with van der Waals surface area (Å²) in [7, 11) is 0. The lowest BCUT2D eigenvalue weighted by Gasteiger charge is -2.14. The molecule has 0 aliphatic heterocycles. The van der Waals surface area contributed by atoms with Crippen LogP contribution in [0.1, 0.15) is 11.8 Å². The Labute approximate surface area is 79.6 Å². The topological polar surface area (TPSA) is 117 Å². The average Bonchev–Trinajstić information content (AvgIpc) is 2.16. The van der Waals surface area contributed by atoms with Crippen molar-refractivity contribution in [3.63, 3.8) is 0 Å². The van der Waals surface area contributed by atoms with Crippen molar-refractivity contribution in [1.82, 2.24) is 4.98 Å². The normalized spacial score (nSPS) is 14.7. The Balaban J connectivity index is 2.94. The highest BCUT2D eigenvalue weighted by Crippen LogP contribution is 2.23. The molecule has 0 saturated carbocycles. The zero-order valence-corrected chi connectivity index (χ0v) is 7.16. The van der Waals surface area contributed by atoms with E-state index in [4.69, 9.17) is 10.8 Å². The first-order chi connectivity index (χ1) is 6.54. The standard InChI is InChI=1S/C8H10N2O4/c9-8(14)7(13)6(12)5-4(11)2-1-3-10-5/h1-3,6-7,11-13H,(H2,9,14). The van der Waals surface area contributed by atoms with Gasteiger partial charge in [-0.25, -0.2) is 0 Å². The summed E-state index contributed by atoms with van der Waals surface area (Å²) in [6.45, 7) is 0. The van der Waals surface area contributed by atoms with Gasteiger partial charge in [-0.2, -0.15) is 0 Å². The molecule has 1 amide bonds. The zero-order valence-electron chi connectivity index (χ0n) is 7.16. The number of aromatic nitrogens is 1. The minimum absolute atomic E-state index is 0.182. The molecule has 2 unspecified atom stereocenters. The van der Waals surface area contributed by atoms with Gasteiger partial charge in [-0.1, -0.05) is 0 Å². The van der Waals surface area contributed by atoms with Gasteiger partial charge in [-0.15, -0.1) is 0 Å². The van der Waals surface area contributed by atoms with Crippen LogP contribution in [-0.2, 0) is 4.79 Å². The highest BCUT2D eigenvalue weighted by atomic mass is 16.3. The van der Waals surface area contributed by atoms with Gasteiger partial charge < -0.3 is 21.1 Å². The second-order valence-corrected chi connectivity index (χ2v) is 2.70. The van der Waals surface area contributed by atoms with Crippen molar-refractivity contribution >= 4 is 5.91 Å². The number of aliphatic hydroxyl groups excluding tert-OH is 2. The lowest BCUT2D eigenvalue weighted by atomic mass is 10.1. The van der Waals surface area contributed by atoms with E-state index in [0.717, 1.165) is 0 Å². The number of aromatic hydroxyl groups is 1. The second kappa shape index (κ2) is 4.03. The molecule has 0 aliphatic carbocycles. The molecule has 0 fully saturated rings. The molecule has 6 heteroatoms. The summed E-state index contributed by atoms with van der Waals surface area (Å²) in [5.41, 5.74) is 4.58. The van der Waals surface area contributed by atoms with Crippen molar-refractivity contribution in [1.29, 1.82) is 0 Å². The molecule has 5 N–H and O–H groups in total. The molecule has 6 nitrogen and oxygen atoms in total. The van der Waals surface area contributed by atoms with E-state index in [1.807, 2.05) is 0 Å². The molecule has 0 aliphatic rings. The van der Waals surface area contributed by atoms with Crippen LogP contribution in [-0.4, -0.2) is 32.3 Å². The third-order valence-corrected chi connectivity index (χ3v) is 1.69. The fraction of sp³-hybridized carbons (Fsp3) is 0.250. The first-order valence-corrected chi connectivity index (χ1v) is 3.83. The van der Waals surface area contributed by atoms with Crippen molar-refractivity contribution in [3.8, 4) is 5.75 Å². The number of carbonyl (C=O) groups is 1. The van der Waals surface area contributed by atoms with Crippen LogP contribution in [0.15, 0.2) is 18.3 Å². The number of nitrogens with zero attached hydrogens (tertiary/aromatic N) is 1. The lowest BCUT2D eigenvalue weighted by Crippen LogP contribution is -2.34. The molecule has 14 heavy (non-hydrogen) atoms. The van der Waals surface area contributed by atoms with E-state index in [1.54, 1.807) is 0 Å². The summed E-state index contributed by atoms with van der Waals surface area (Å²) in [5, 5.41) is 27.7. The smallest absolute Gasteiger partial charge is 0.249 e. The molecule has 1 aromatic heterocycles. The van der Waals surface area contributed by atoms with E-state index in [-0.39, 0.29) is 11.4 Å². The van der Waals surface area contributed by atoms with E-state index in [1.165, 1.54) is 18.3 Å². The van der Waals surface area contributed by atoms with E-state index >= 15 is 0 Å². The molecule has 1 rings (SSSR count). The lowest BCUT2D eigenvalue weighted by molar-refractivity contribution is -0.132. The summed E-state index contributed by atoms with van der Waals surface area (Å²) in [5.74, 6) is -1.39. The number of hydrogen-bond donors (Lipinski definition) is 4. The maximum absolute atomic E-state index is 10.5. The molecular formula is C8H10N2O4. The largest absolute Gasteiger partial charge is 0.506 e. The van der Waals surface area contributed by atoms with Gasteiger partial charge in [0, 0.05) is 6.20 Å². The first kappa shape index (κ1) is 10.4. The third-order valence-electron chi connectivity index (χ3n) is 1.69. The van der Waals surface area contributed by atoms with Crippen molar-refractivity contribution in [2.75, 3.05) is 0 Å². The zero-order chi connectivity index (χ0) is 10.7. The molecule has 0 aromatic carbocycles. The highest BCUT2D eigenvalue weighted by molar-refractivity contribution is 5.79. The number of primary amides is 1. The Morgan fingerprint density at radius 1 is 1.50 bits per heavy atom. The van der Waals surface area contributed by atoms with Gasteiger partial charge >= 0.3 is 0 Å². The molecule has 0 saturated heterocycles. The molecule has 76 valence electrons. The number of nitrogens with two attached hydrogens (primary N) is 1. The summed E-state index contributed by atoms with van der Waals surface area (Å²) >= 11 is 0. The van der Waals surface area contributed by atoms with Crippen LogP contribution in [0, 0.1) is 0 Å². The monoisotopic (exact) mass is 198 g/mol. The Kier molecular flexibility index (Phi) is 3.00. The molecular weight excluding hydrogens is 188 g/mol. The van der Waals surface area contributed by atoms with E-state index in [9.17, 15) is 15.0 Å². The molecule has 0 bridgehead atoms. The molecule has 0 spiro atoms. The highest BCUT2D eigenvalue weighted by Gasteiger charge is 2.26. The summed E-state index contributed by atoms with van der Waals surface area (Å²) < 4.78 is 0. The predicted octanol–water partition coefficient (Wildman–Crippen LogP) is -1.33. The Hall–Kier alpha value is -1.66. The van der Waals surface area contributed by atoms with E-state index < -0.39 is 18.1 Å². The van der Waals surface area contributed by atoms with Crippen molar-refractivity contribution in [2.45, 2.75) is 12.2 Å². The summed E-state index contributed by atoms with van der Waals surface area (Å²) in [4.78, 5) is 14.1. The minimum atomic E-state index is -1.78. The van der Waals surface area contributed by atoms with Gasteiger partial charge in [0.1, 0.15) is 17.5 Å². The van der Waals surface area contributed by atoms with Gasteiger partial charge in [0.15, 0.2) is 6.10 Å². The van der Waals surface area contributed by atoms with Gasteiger partial charge in [-0.05, 0) is 12.1 Å². The maximum atomic E-state index is 10.5. The average molecular weight is 198 g/mol. The SMILES string of the molecule is NC(=O)C(O)C(O)c1ncccc1O. The number of aliphatic hydroxyl groups is 2. The number of pyridine rings is 1. The Morgan fingerprint density at radius 3 is 2.64 bits per heavy atom. The first-order valence-electron chi connectivity index (χ1n) is 3.83. The van der Waals surface area contributed by atoms with E-state index in [0.29, 0.717) is 0 Å². The fourth-order valence-corrected chi connectivity index (χ4v) is 0.942. The summed E-state index contributed by atoms with van der Waals surface area (Å²) in [6.07, 6.45) is -2.09. The van der Waals surface area contributed by atoms with Crippen molar-refractivity contribution < 1.29 is 20.1 Å². The quantitative estimate of drug-likeness (QED) is 0.480. The van der Waals surface area contributed by atoms with Gasteiger partial charge in [0.25, 0.3) is 0 Å². The summed E-state index contributed by atoms with van der Waals surface area (Å²) in [6, 6.07) is 2.72. The Bertz CT molecular complexity index is 342. The maximum Gasteiger partial charge on any atom is 0.249 e. The van der Waals surface area contributed by atoms with E-state index in [2.05, 4.69) is 4.98 Å². The number of hydrogen-bond acceptors (Lipinski definition) is 5. The van der Waals surface area contributed by atoms with Crippen LogP contribution in [0.5, 0.6) is 5.75 Å². The van der Waals surface area contributed by atoms with Crippen LogP contribution in [0.4, 0.5) is 0 Å². The predicted molar refractivity (Wildman–Crippen MR) is 46.1 cm³/mol. The second-order valence-electron chi connectivity index (χ2n) is 2.70. The van der Waals surface area contributed by atoms with Crippen molar-refractivity contribution in [3.05, 3.63) is 24.0 Å². The Morgan fingerprint density at radius 2 is 2.14 bits per heavy atom. The van der Waals surface area contributed by atoms with Gasteiger partial charge in [-0.3, -0.25) is 9.78 Å². The molecule has 1 aromatic rings. The van der Waals surface area contributed by atoms with Gasteiger partial charge in [0.2, 0.25) is 5.91 Å². The van der Waals surface area contributed by atoms with Crippen LogP contribution < -0.4 is 5.73 Å². The van der Waals surface area contributed by atoms with Crippen molar-refractivity contribution in [2.24, 2.45) is 5.73 Å². The third kappa shape index (κ3) is 1.98. The molecule has 2 atom stereocenters. The van der Waals surface area contributed by atoms with Crippen LogP contribution in [0.25, 0.3) is 0 Å². The van der Waals surface area contributed by atoms with Gasteiger partial charge in [0.05, 0.1) is 0 Å². The number of rotatable bonds is 3.